The summed E-state index contributed by atoms with van der Waals surface area (Å²) in [5.74, 6) is 1.08. The Bertz CT molecular complexity index is 1860. The molecule has 37 heavy (non-hydrogen) atoms. The topological polar surface area (TPSA) is 74.3 Å². The average molecular weight is 591 g/mol. The minimum absolute atomic E-state index is 0.234. The Hall–Kier alpha value is -3.79. The van der Waals surface area contributed by atoms with Crippen molar-refractivity contribution >= 4 is 49.9 Å². The van der Waals surface area contributed by atoms with E-state index >= 15 is 0 Å². The van der Waals surface area contributed by atoms with Crippen molar-refractivity contribution in [3.63, 3.8) is 0 Å². The van der Waals surface area contributed by atoms with Crippen LogP contribution in [0.2, 0.25) is 5.02 Å². The summed E-state index contributed by atoms with van der Waals surface area (Å²) in [5.41, 5.74) is 3.75. The zero-order chi connectivity index (χ0) is 25.5. The molecule has 0 aliphatic heterocycles. The molecular formula is C27H17BrClN5O2S. The summed E-state index contributed by atoms with van der Waals surface area (Å²) in [6, 6.07) is 22.9. The first-order valence-corrected chi connectivity index (χ1v) is 13.1. The van der Waals surface area contributed by atoms with Crippen LogP contribution in [0.15, 0.2) is 88.3 Å². The van der Waals surface area contributed by atoms with Gasteiger partial charge >= 0.3 is 0 Å². The predicted molar refractivity (Wildman–Crippen MR) is 150 cm³/mol. The van der Waals surface area contributed by atoms with E-state index in [1.54, 1.807) is 23.9 Å². The van der Waals surface area contributed by atoms with Gasteiger partial charge in [-0.1, -0.05) is 69.2 Å². The molecule has 0 aliphatic rings. The number of benzene rings is 3. The first-order valence-electron chi connectivity index (χ1n) is 11.2. The van der Waals surface area contributed by atoms with Crippen molar-refractivity contribution in [2.45, 2.75) is 0 Å². The molecule has 0 bridgehead atoms. The molecule has 0 aliphatic carbocycles. The van der Waals surface area contributed by atoms with Gasteiger partial charge in [-0.25, -0.2) is 4.68 Å². The molecule has 0 amide bonds. The van der Waals surface area contributed by atoms with Gasteiger partial charge in [-0.15, -0.1) is 5.10 Å². The molecule has 6 aromatic rings. The molecule has 0 N–H and O–H groups in total. The number of halogens is 2. The van der Waals surface area contributed by atoms with E-state index in [0.717, 1.165) is 26.9 Å². The lowest BCUT2D eigenvalue weighted by Gasteiger charge is -2.05. The van der Waals surface area contributed by atoms with Crippen molar-refractivity contribution in [1.29, 1.82) is 0 Å². The summed E-state index contributed by atoms with van der Waals surface area (Å²) in [5, 5.41) is 9.75. The van der Waals surface area contributed by atoms with Crippen molar-refractivity contribution in [2.24, 2.45) is 0 Å². The lowest BCUT2D eigenvalue weighted by Crippen LogP contribution is -2.23. The van der Waals surface area contributed by atoms with Crippen LogP contribution in [0.3, 0.4) is 0 Å². The summed E-state index contributed by atoms with van der Waals surface area (Å²) >= 11 is 11.1. The fourth-order valence-corrected chi connectivity index (χ4v) is 5.36. The van der Waals surface area contributed by atoms with Gasteiger partial charge in [-0.3, -0.25) is 4.79 Å². The minimum Gasteiger partial charge on any atom is -0.495 e. The molecule has 182 valence electrons. The van der Waals surface area contributed by atoms with E-state index in [1.807, 2.05) is 72.9 Å². The van der Waals surface area contributed by atoms with Crippen LogP contribution in [0.1, 0.15) is 5.56 Å². The molecule has 0 unspecified atom stereocenters. The van der Waals surface area contributed by atoms with Crippen molar-refractivity contribution in [2.75, 3.05) is 7.11 Å². The van der Waals surface area contributed by atoms with E-state index in [0.29, 0.717) is 31.8 Å². The van der Waals surface area contributed by atoms with Gasteiger partial charge in [-0.2, -0.15) is 14.6 Å². The highest BCUT2D eigenvalue weighted by Gasteiger charge is 2.16. The average Bonchev–Trinajstić information content (AvgIpc) is 3.60. The number of nitrogens with zero attached hydrogens (tertiary/aromatic N) is 5. The molecule has 0 atom stereocenters. The summed E-state index contributed by atoms with van der Waals surface area (Å²) in [6.07, 6.45) is 3.72. The third-order valence-electron chi connectivity index (χ3n) is 5.76. The van der Waals surface area contributed by atoms with E-state index < -0.39 is 0 Å². The molecule has 0 spiro atoms. The largest absolute Gasteiger partial charge is 0.495 e. The Morgan fingerprint density at radius 3 is 2.46 bits per heavy atom. The van der Waals surface area contributed by atoms with E-state index in [2.05, 4.69) is 26.0 Å². The SMILES string of the molecule is COc1ccc(-c2nn(-c3ccccc3)cc2C=c2sc3nc(-c4ccc(Br)cc4)nn3c2=O)cc1Cl. The highest BCUT2D eigenvalue weighted by Crippen LogP contribution is 2.32. The summed E-state index contributed by atoms with van der Waals surface area (Å²) in [4.78, 5) is 18.4. The van der Waals surface area contributed by atoms with Crippen LogP contribution in [0.25, 0.3) is 39.4 Å². The first kappa shape index (κ1) is 23.6. The second-order valence-electron chi connectivity index (χ2n) is 8.11. The summed E-state index contributed by atoms with van der Waals surface area (Å²) in [6.45, 7) is 0. The lowest BCUT2D eigenvalue weighted by atomic mass is 10.1. The van der Waals surface area contributed by atoms with Gasteiger partial charge in [-0.05, 0) is 48.5 Å². The smallest absolute Gasteiger partial charge is 0.291 e. The predicted octanol–water partition coefficient (Wildman–Crippen LogP) is 5.64. The van der Waals surface area contributed by atoms with Crippen LogP contribution >= 0.6 is 38.9 Å². The summed E-state index contributed by atoms with van der Waals surface area (Å²) < 4.78 is 9.90. The van der Waals surface area contributed by atoms with Crippen molar-refractivity contribution in [3.05, 3.63) is 109 Å². The van der Waals surface area contributed by atoms with E-state index in [9.17, 15) is 4.79 Å². The van der Waals surface area contributed by atoms with E-state index in [1.165, 1.54) is 15.9 Å². The number of ether oxygens (including phenoxy) is 1. The molecule has 3 aromatic carbocycles. The van der Waals surface area contributed by atoms with Crippen LogP contribution < -0.4 is 14.8 Å². The zero-order valence-corrected chi connectivity index (χ0v) is 22.5. The van der Waals surface area contributed by atoms with E-state index in [4.69, 9.17) is 21.4 Å². The second-order valence-corrected chi connectivity index (χ2v) is 10.4. The number of fused-ring (bicyclic) bond motifs is 1. The number of aromatic nitrogens is 5. The highest BCUT2D eigenvalue weighted by molar-refractivity contribution is 9.10. The van der Waals surface area contributed by atoms with Gasteiger partial charge in [0.05, 0.1) is 22.4 Å². The molecule has 0 fully saturated rings. The molecule has 6 rings (SSSR count). The van der Waals surface area contributed by atoms with Gasteiger partial charge in [0, 0.05) is 27.4 Å². The highest BCUT2D eigenvalue weighted by atomic mass is 79.9. The van der Waals surface area contributed by atoms with Gasteiger partial charge in [0.1, 0.15) is 11.4 Å². The Kier molecular flexibility index (Phi) is 6.11. The molecule has 3 aromatic heterocycles. The fourth-order valence-electron chi connectivity index (χ4n) is 3.94. The maximum Gasteiger partial charge on any atom is 0.291 e. The number of para-hydroxylation sites is 1. The molecule has 0 saturated heterocycles. The van der Waals surface area contributed by atoms with E-state index in [-0.39, 0.29) is 5.56 Å². The van der Waals surface area contributed by atoms with Crippen molar-refractivity contribution < 1.29 is 4.74 Å². The van der Waals surface area contributed by atoms with Crippen LogP contribution in [-0.4, -0.2) is 31.5 Å². The van der Waals surface area contributed by atoms with Gasteiger partial charge < -0.3 is 4.74 Å². The number of hydrogen-bond acceptors (Lipinski definition) is 6. The molecule has 0 radical (unpaired) electrons. The Labute approximate surface area is 228 Å². The Balaban J connectivity index is 1.48. The molecule has 3 heterocycles. The normalized spacial score (nSPS) is 11.9. The van der Waals surface area contributed by atoms with Crippen LogP contribution in [-0.2, 0) is 0 Å². The first-order chi connectivity index (χ1) is 18.0. The second kappa shape index (κ2) is 9.59. The van der Waals surface area contributed by atoms with Crippen LogP contribution in [0.4, 0.5) is 0 Å². The minimum atomic E-state index is -0.234. The number of methoxy groups -OCH3 is 1. The van der Waals surface area contributed by atoms with Crippen molar-refractivity contribution in [3.8, 4) is 34.1 Å². The third kappa shape index (κ3) is 4.46. The van der Waals surface area contributed by atoms with Crippen molar-refractivity contribution in [1.82, 2.24) is 24.4 Å². The Morgan fingerprint density at radius 1 is 1.00 bits per heavy atom. The maximum atomic E-state index is 13.3. The molecule has 7 nitrogen and oxygen atoms in total. The third-order valence-corrected chi connectivity index (χ3v) is 7.54. The van der Waals surface area contributed by atoms with Gasteiger partial charge in [0.2, 0.25) is 4.96 Å². The zero-order valence-electron chi connectivity index (χ0n) is 19.3. The number of rotatable bonds is 5. The molecular weight excluding hydrogens is 574 g/mol. The monoisotopic (exact) mass is 589 g/mol. The lowest BCUT2D eigenvalue weighted by molar-refractivity contribution is 0.415. The summed E-state index contributed by atoms with van der Waals surface area (Å²) in [7, 11) is 1.57. The van der Waals surface area contributed by atoms with Gasteiger partial charge in [0.25, 0.3) is 5.56 Å². The van der Waals surface area contributed by atoms with Crippen LogP contribution in [0.5, 0.6) is 5.75 Å². The maximum absolute atomic E-state index is 13.3. The number of thiazole rings is 1. The van der Waals surface area contributed by atoms with Gasteiger partial charge in [0.15, 0.2) is 5.82 Å². The number of hydrogen-bond donors (Lipinski definition) is 0. The fraction of sp³-hybridized carbons (Fsp3) is 0.0370. The standard InChI is InChI=1S/C27H17BrClN5O2S/c1-36-22-12-9-17(13-21(22)29)24-18(15-33(31-24)20-5-3-2-4-6-20)14-23-26(35)34-27(37-23)30-25(32-34)16-7-10-19(28)11-8-16/h2-15H,1H3. The molecule has 0 saturated carbocycles. The molecule has 10 heteroatoms. The Morgan fingerprint density at radius 2 is 1.76 bits per heavy atom. The quantitative estimate of drug-likeness (QED) is 0.260. The van der Waals surface area contributed by atoms with Crippen LogP contribution in [0, 0.1) is 0 Å².